The van der Waals surface area contributed by atoms with Crippen LogP contribution in [0.2, 0.25) is 0 Å². The van der Waals surface area contributed by atoms with Crippen LogP contribution in [-0.2, 0) is 4.74 Å². The Morgan fingerprint density at radius 3 is 2.71 bits per heavy atom. The fraction of sp³-hybridized carbons (Fsp3) is 0.111. The first-order chi connectivity index (χ1) is 6.60. The highest BCUT2D eigenvalue weighted by atomic mass is 127. The van der Waals surface area contributed by atoms with Crippen LogP contribution in [0.3, 0.4) is 0 Å². The monoisotopic (exact) mass is 365 g/mol. The molecule has 0 fully saturated rings. The number of benzene rings is 1. The fourth-order valence-electron chi connectivity index (χ4n) is 0.916. The zero-order chi connectivity index (χ0) is 10.7. The van der Waals surface area contributed by atoms with Crippen molar-refractivity contribution in [2.75, 3.05) is 7.11 Å². The lowest BCUT2D eigenvalue weighted by Gasteiger charge is -2.03. The summed E-state index contributed by atoms with van der Waals surface area (Å²) in [6, 6.07) is 5.24. The second-order valence-electron chi connectivity index (χ2n) is 2.42. The molecule has 0 radical (unpaired) electrons. The van der Waals surface area contributed by atoms with Gasteiger partial charge in [-0.2, -0.15) is 5.26 Å². The summed E-state index contributed by atoms with van der Waals surface area (Å²) in [5, 5.41) is 8.78. The molecular weight excluding hydrogens is 361 g/mol. The van der Waals surface area contributed by atoms with Gasteiger partial charge in [-0.3, -0.25) is 0 Å². The normalized spacial score (nSPS) is 9.29. The molecule has 0 bridgehead atoms. The Morgan fingerprint density at radius 2 is 2.29 bits per heavy atom. The molecule has 1 aromatic rings. The summed E-state index contributed by atoms with van der Waals surface area (Å²) >= 11 is 5.22. The highest BCUT2D eigenvalue weighted by Gasteiger charge is 2.11. The molecule has 0 heterocycles. The summed E-state index contributed by atoms with van der Waals surface area (Å²) in [6.07, 6.45) is 0. The van der Waals surface area contributed by atoms with Crippen molar-refractivity contribution >= 4 is 44.5 Å². The maximum absolute atomic E-state index is 11.2. The van der Waals surface area contributed by atoms with Crippen molar-refractivity contribution < 1.29 is 9.53 Å². The molecule has 14 heavy (non-hydrogen) atoms. The van der Waals surface area contributed by atoms with Gasteiger partial charge >= 0.3 is 5.97 Å². The van der Waals surface area contributed by atoms with Crippen molar-refractivity contribution in [1.82, 2.24) is 0 Å². The summed E-state index contributed by atoms with van der Waals surface area (Å²) < 4.78 is 5.90. The minimum absolute atomic E-state index is 0.409. The number of esters is 1. The van der Waals surface area contributed by atoms with Gasteiger partial charge < -0.3 is 4.74 Å². The summed E-state index contributed by atoms with van der Waals surface area (Å²) in [4.78, 5) is 11.2. The van der Waals surface area contributed by atoms with Gasteiger partial charge in [-0.15, -0.1) is 0 Å². The van der Waals surface area contributed by atoms with Crippen molar-refractivity contribution in [3.05, 3.63) is 31.3 Å². The molecule has 0 aliphatic heterocycles. The van der Waals surface area contributed by atoms with Crippen LogP contribution in [0.4, 0.5) is 0 Å². The van der Waals surface area contributed by atoms with E-state index in [0.29, 0.717) is 15.6 Å². The van der Waals surface area contributed by atoms with Gasteiger partial charge in [0.05, 0.1) is 18.2 Å². The molecule has 72 valence electrons. The molecule has 0 aromatic heterocycles. The maximum atomic E-state index is 11.2. The summed E-state index contributed by atoms with van der Waals surface area (Å²) in [5.74, 6) is -0.409. The highest BCUT2D eigenvalue weighted by molar-refractivity contribution is 14.1. The first-order valence-electron chi connectivity index (χ1n) is 3.57. The van der Waals surface area contributed by atoms with Crippen LogP contribution in [0.5, 0.6) is 0 Å². The van der Waals surface area contributed by atoms with E-state index in [1.165, 1.54) is 7.11 Å². The van der Waals surface area contributed by atoms with Gasteiger partial charge in [0, 0.05) is 8.04 Å². The standard InChI is InChI=1S/C9H5BrINO2/c1-14-9(13)5-2-7(10)6(4-12)8(11)3-5/h2-3H,1H3. The lowest BCUT2D eigenvalue weighted by molar-refractivity contribution is 0.0600. The number of hydrogen-bond donors (Lipinski definition) is 0. The molecule has 0 saturated heterocycles. The summed E-state index contributed by atoms with van der Waals surface area (Å²) in [7, 11) is 1.32. The molecule has 1 aromatic carbocycles. The van der Waals surface area contributed by atoms with E-state index in [0.717, 1.165) is 3.57 Å². The van der Waals surface area contributed by atoms with E-state index >= 15 is 0 Å². The third-order valence-electron chi connectivity index (χ3n) is 1.58. The zero-order valence-electron chi connectivity index (χ0n) is 7.17. The van der Waals surface area contributed by atoms with Crippen LogP contribution in [0.1, 0.15) is 15.9 Å². The van der Waals surface area contributed by atoms with E-state index in [-0.39, 0.29) is 0 Å². The number of nitrogens with zero attached hydrogens (tertiary/aromatic N) is 1. The van der Waals surface area contributed by atoms with Crippen molar-refractivity contribution in [3.8, 4) is 6.07 Å². The fourth-order valence-corrected chi connectivity index (χ4v) is 2.58. The number of carbonyl (C=O) groups is 1. The average Bonchev–Trinajstić information content (AvgIpc) is 2.16. The molecule has 3 nitrogen and oxygen atoms in total. The van der Waals surface area contributed by atoms with E-state index in [2.05, 4.69) is 20.7 Å². The van der Waals surface area contributed by atoms with Crippen molar-refractivity contribution in [3.63, 3.8) is 0 Å². The van der Waals surface area contributed by atoms with Gasteiger partial charge in [-0.05, 0) is 50.7 Å². The van der Waals surface area contributed by atoms with Gasteiger partial charge in [0.2, 0.25) is 0 Å². The molecule has 0 spiro atoms. The molecule has 0 aliphatic rings. The van der Waals surface area contributed by atoms with Crippen molar-refractivity contribution in [1.29, 1.82) is 5.26 Å². The zero-order valence-corrected chi connectivity index (χ0v) is 10.9. The summed E-state index contributed by atoms with van der Waals surface area (Å²) in [6.45, 7) is 0. The van der Waals surface area contributed by atoms with Gasteiger partial charge in [0.1, 0.15) is 6.07 Å². The van der Waals surface area contributed by atoms with Crippen LogP contribution >= 0.6 is 38.5 Å². The second kappa shape index (κ2) is 4.75. The predicted molar refractivity (Wildman–Crippen MR) is 62.9 cm³/mol. The van der Waals surface area contributed by atoms with Crippen LogP contribution in [-0.4, -0.2) is 13.1 Å². The van der Waals surface area contributed by atoms with Crippen molar-refractivity contribution in [2.45, 2.75) is 0 Å². The first kappa shape index (κ1) is 11.5. The molecular formula is C9H5BrINO2. The molecule has 0 aliphatic carbocycles. The Balaban J connectivity index is 3.29. The molecule has 0 unspecified atom stereocenters. The van der Waals surface area contributed by atoms with Gasteiger partial charge in [-0.25, -0.2) is 4.79 Å². The minimum Gasteiger partial charge on any atom is -0.465 e. The number of halogens is 2. The number of methoxy groups -OCH3 is 1. The largest absolute Gasteiger partial charge is 0.465 e. The molecule has 0 atom stereocenters. The predicted octanol–water partition coefficient (Wildman–Crippen LogP) is 2.71. The lowest BCUT2D eigenvalue weighted by atomic mass is 10.1. The van der Waals surface area contributed by atoms with E-state index in [1.807, 2.05) is 28.7 Å². The Bertz CT molecular complexity index is 402. The number of carbonyl (C=O) groups excluding carboxylic acids is 1. The van der Waals surface area contributed by atoms with Crippen LogP contribution in [0.15, 0.2) is 16.6 Å². The van der Waals surface area contributed by atoms with E-state index < -0.39 is 5.97 Å². The molecule has 0 N–H and O–H groups in total. The molecule has 5 heteroatoms. The second-order valence-corrected chi connectivity index (χ2v) is 4.43. The van der Waals surface area contributed by atoms with E-state index in [4.69, 9.17) is 5.26 Å². The van der Waals surface area contributed by atoms with Crippen LogP contribution < -0.4 is 0 Å². The minimum atomic E-state index is -0.409. The van der Waals surface area contributed by atoms with Crippen molar-refractivity contribution in [2.24, 2.45) is 0 Å². The topological polar surface area (TPSA) is 50.1 Å². The van der Waals surface area contributed by atoms with Crippen LogP contribution in [0, 0.1) is 14.9 Å². The molecule has 1 rings (SSSR count). The smallest absolute Gasteiger partial charge is 0.337 e. The van der Waals surface area contributed by atoms with E-state index in [1.54, 1.807) is 12.1 Å². The third-order valence-corrected chi connectivity index (χ3v) is 3.05. The molecule has 0 saturated carbocycles. The number of ether oxygens (including phenoxy) is 1. The SMILES string of the molecule is COC(=O)c1cc(Br)c(C#N)c(I)c1. The lowest BCUT2D eigenvalue weighted by Crippen LogP contribution is -2.02. The van der Waals surface area contributed by atoms with E-state index in [9.17, 15) is 4.79 Å². The average molecular weight is 366 g/mol. The Kier molecular flexibility index (Phi) is 3.89. The number of hydrogen-bond acceptors (Lipinski definition) is 3. The van der Waals surface area contributed by atoms with Gasteiger partial charge in [0.25, 0.3) is 0 Å². The van der Waals surface area contributed by atoms with Crippen LogP contribution in [0.25, 0.3) is 0 Å². The highest BCUT2D eigenvalue weighted by Crippen LogP contribution is 2.24. The van der Waals surface area contributed by atoms with Gasteiger partial charge in [0.15, 0.2) is 0 Å². The van der Waals surface area contributed by atoms with Gasteiger partial charge in [-0.1, -0.05) is 0 Å². The first-order valence-corrected chi connectivity index (χ1v) is 5.44. The number of nitriles is 1. The third kappa shape index (κ3) is 2.25. The molecule has 0 amide bonds. The maximum Gasteiger partial charge on any atom is 0.337 e. The Morgan fingerprint density at radius 1 is 1.64 bits per heavy atom. The summed E-state index contributed by atoms with van der Waals surface area (Å²) in [5.41, 5.74) is 0.959. The Labute approximate surface area is 103 Å². The Hall–Kier alpha value is -0.610. The quantitative estimate of drug-likeness (QED) is 0.568. The number of rotatable bonds is 1.